The van der Waals surface area contributed by atoms with E-state index in [9.17, 15) is 4.57 Å². The average molecular weight is 172 g/mol. The van der Waals surface area contributed by atoms with Gasteiger partial charge in [-0.3, -0.25) is 0 Å². The van der Waals surface area contributed by atoms with Crippen molar-refractivity contribution in [2.24, 2.45) is 0 Å². The fourth-order valence-electron chi connectivity index (χ4n) is 0.942. The van der Waals surface area contributed by atoms with Crippen LogP contribution < -0.4 is 0 Å². The molecule has 11 heavy (non-hydrogen) atoms. The monoisotopic (exact) mass is 172 g/mol. The van der Waals surface area contributed by atoms with Gasteiger partial charge in [-0.15, -0.1) is 0 Å². The van der Waals surface area contributed by atoms with Crippen LogP contribution in [0.3, 0.4) is 0 Å². The lowest BCUT2D eigenvalue weighted by molar-refractivity contribution is 0.574. The van der Waals surface area contributed by atoms with E-state index in [0.717, 1.165) is 5.69 Å². The van der Waals surface area contributed by atoms with Crippen LogP contribution in [0.2, 0.25) is 0 Å². The summed E-state index contributed by atoms with van der Waals surface area (Å²) in [6.07, 6.45) is 4.21. The summed E-state index contributed by atoms with van der Waals surface area (Å²) in [6, 6.07) is 0. The second-order valence-electron chi connectivity index (χ2n) is 3.24. The molecule has 0 bridgehead atoms. The Labute approximate surface area is 66.8 Å². The second kappa shape index (κ2) is 2.82. The molecule has 0 atom stereocenters. The fourth-order valence-corrected chi connectivity index (χ4v) is 1.88. The van der Waals surface area contributed by atoms with Crippen LogP contribution in [0, 0.1) is 6.92 Å². The predicted molar refractivity (Wildman–Crippen MR) is 46.4 cm³/mol. The summed E-state index contributed by atoms with van der Waals surface area (Å²) in [5.74, 6) is 0. The largest absolute Gasteiger partial charge is 0.330 e. The van der Waals surface area contributed by atoms with Gasteiger partial charge in [-0.2, -0.15) is 0 Å². The molecule has 0 fully saturated rings. The smallest absolute Gasteiger partial charge is 0.101 e. The highest BCUT2D eigenvalue weighted by molar-refractivity contribution is 7.61. The highest BCUT2D eigenvalue weighted by Crippen LogP contribution is 2.37. The molecule has 0 amide bonds. The van der Waals surface area contributed by atoms with Gasteiger partial charge in [0.05, 0.1) is 18.3 Å². The molecule has 1 aromatic heterocycles. The summed E-state index contributed by atoms with van der Waals surface area (Å²) in [7, 11) is -1.95. The lowest BCUT2D eigenvalue weighted by atomic mass is 10.6. The van der Waals surface area contributed by atoms with Crippen LogP contribution in [0.25, 0.3) is 0 Å². The Morgan fingerprint density at radius 2 is 2.27 bits per heavy atom. The Balaban J connectivity index is 2.73. The molecule has 0 radical (unpaired) electrons. The maximum Gasteiger partial charge on any atom is 0.101 e. The lowest BCUT2D eigenvalue weighted by Crippen LogP contribution is -1.93. The van der Waals surface area contributed by atoms with E-state index in [0.29, 0.717) is 6.29 Å². The summed E-state index contributed by atoms with van der Waals surface area (Å²) in [6.45, 7) is 5.48. The molecule has 0 aliphatic heterocycles. The standard InChI is InChI=1S/C7H13N2OP/c1-7-4-9(5-8-7)6-11(2,3)10/h4-5H,6H2,1-3H3. The van der Waals surface area contributed by atoms with Crippen molar-refractivity contribution in [2.45, 2.75) is 13.2 Å². The van der Waals surface area contributed by atoms with Gasteiger partial charge in [0.1, 0.15) is 7.14 Å². The topological polar surface area (TPSA) is 34.9 Å². The van der Waals surface area contributed by atoms with Gasteiger partial charge in [0, 0.05) is 6.20 Å². The quantitative estimate of drug-likeness (QED) is 0.637. The minimum absolute atomic E-state index is 0.591. The second-order valence-corrected chi connectivity index (χ2v) is 6.68. The Morgan fingerprint density at radius 3 is 2.64 bits per heavy atom. The third-order valence-corrected chi connectivity index (χ3v) is 2.27. The Bertz CT molecular complexity index is 286. The molecule has 62 valence electrons. The summed E-state index contributed by atoms with van der Waals surface area (Å²) >= 11 is 0. The average Bonchev–Trinajstić information content (AvgIpc) is 2.10. The third-order valence-electron chi connectivity index (χ3n) is 1.27. The highest BCUT2D eigenvalue weighted by Gasteiger charge is 2.07. The van der Waals surface area contributed by atoms with Crippen LogP contribution in [0.5, 0.6) is 0 Å². The molecular weight excluding hydrogens is 159 g/mol. The van der Waals surface area contributed by atoms with Gasteiger partial charge in [-0.25, -0.2) is 4.98 Å². The number of imidazole rings is 1. The van der Waals surface area contributed by atoms with Crippen molar-refractivity contribution in [3.8, 4) is 0 Å². The number of rotatable bonds is 2. The van der Waals surface area contributed by atoms with Crippen molar-refractivity contribution in [3.63, 3.8) is 0 Å². The van der Waals surface area contributed by atoms with Crippen LogP contribution in [0.15, 0.2) is 12.5 Å². The van der Waals surface area contributed by atoms with Gasteiger partial charge in [0.25, 0.3) is 0 Å². The number of nitrogens with zero attached hydrogens (tertiary/aromatic N) is 2. The summed E-state index contributed by atoms with van der Waals surface area (Å²) in [4.78, 5) is 4.04. The summed E-state index contributed by atoms with van der Waals surface area (Å²) < 4.78 is 13.2. The number of aryl methyl sites for hydroxylation is 1. The zero-order valence-corrected chi connectivity index (χ0v) is 8.01. The number of aromatic nitrogens is 2. The molecule has 0 aliphatic carbocycles. The van der Waals surface area contributed by atoms with E-state index < -0.39 is 7.14 Å². The van der Waals surface area contributed by atoms with Gasteiger partial charge in [0.2, 0.25) is 0 Å². The van der Waals surface area contributed by atoms with E-state index in [2.05, 4.69) is 4.98 Å². The van der Waals surface area contributed by atoms with Crippen LogP contribution in [0.1, 0.15) is 5.69 Å². The van der Waals surface area contributed by atoms with Gasteiger partial charge in [-0.05, 0) is 20.3 Å². The van der Waals surface area contributed by atoms with Gasteiger partial charge < -0.3 is 9.13 Å². The zero-order chi connectivity index (χ0) is 8.48. The molecule has 1 aromatic rings. The van der Waals surface area contributed by atoms with E-state index in [1.807, 2.05) is 17.7 Å². The van der Waals surface area contributed by atoms with Crippen molar-refractivity contribution in [3.05, 3.63) is 18.2 Å². The number of hydrogen-bond donors (Lipinski definition) is 0. The van der Waals surface area contributed by atoms with Gasteiger partial charge in [-0.1, -0.05) is 0 Å². The van der Waals surface area contributed by atoms with E-state index in [1.54, 1.807) is 19.7 Å². The molecule has 0 spiro atoms. The van der Waals surface area contributed by atoms with Crippen LogP contribution in [0.4, 0.5) is 0 Å². The maximum atomic E-state index is 11.3. The highest BCUT2D eigenvalue weighted by atomic mass is 31.2. The summed E-state index contributed by atoms with van der Waals surface area (Å²) in [5.41, 5.74) is 0.971. The first-order valence-corrected chi connectivity index (χ1v) is 6.28. The van der Waals surface area contributed by atoms with E-state index in [-0.39, 0.29) is 0 Å². The van der Waals surface area contributed by atoms with E-state index in [1.165, 1.54) is 0 Å². The van der Waals surface area contributed by atoms with Crippen LogP contribution in [-0.4, -0.2) is 22.9 Å². The fraction of sp³-hybridized carbons (Fsp3) is 0.571. The van der Waals surface area contributed by atoms with Crippen molar-refractivity contribution in [1.82, 2.24) is 9.55 Å². The Hall–Kier alpha value is -0.560. The van der Waals surface area contributed by atoms with E-state index >= 15 is 0 Å². The molecule has 0 unspecified atom stereocenters. The lowest BCUT2D eigenvalue weighted by Gasteiger charge is -2.05. The van der Waals surface area contributed by atoms with Crippen LogP contribution in [-0.2, 0) is 10.9 Å². The zero-order valence-electron chi connectivity index (χ0n) is 7.11. The van der Waals surface area contributed by atoms with Crippen molar-refractivity contribution in [2.75, 3.05) is 13.3 Å². The third kappa shape index (κ3) is 2.89. The predicted octanol–water partition coefficient (Wildman–Crippen LogP) is 1.77. The van der Waals surface area contributed by atoms with Crippen LogP contribution >= 0.6 is 7.14 Å². The minimum Gasteiger partial charge on any atom is -0.330 e. The Kier molecular flexibility index (Phi) is 2.19. The molecule has 0 N–H and O–H groups in total. The number of hydrogen-bond acceptors (Lipinski definition) is 2. The molecule has 3 nitrogen and oxygen atoms in total. The Morgan fingerprint density at radius 1 is 1.64 bits per heavy atom. The molecule has 1 rings (SSSR count). The SMILES string of the molecule is Cc1cn(CP(C)(C)=O)cn1. The normalized spacial score (nSPS) is 11.9. The van der Waals surface area contributed by atoms with Gasteiger partial charge in [0.15, 0.2) is 0 Å². The van der Waals surface area contributed by atoms with Gasteiger partial charge >= 0.3 is 0 Å². The summed E-state index contributed by atoms with van der Waals surface area (Å²) in [5, 5.41) is 0. The first-order chi connectivity index (χ1) is 4.97. The molecule has 0 saturated heterocycles. The van der Waals surface area contributed by atoms with Crippen molar-refractivity contribution >= 4 is 7.14 Å². The molecule has 0 aliphatic rings. The van der Waals surface area contributed by atoms with E-state index in [4.69, 9.17) is 0 Å². The first kappa shape index (κ1) is 8.54. The molecule has 4 heteroatoms. The van der Waals surface area contributed by atoms with Crippen molar-refractivity contribution < 1.29 is 4.57 Å². The molecule has 0 saturated carbocycles. The maximum absolute atomic E-state index is 11.3. The first-order valence-electron chi connectivity index (χ1n) is 3.50. The minimum atomic E-state index is -1.95. The van der Waals surface area contributed by atoms with Crippen molar-refractivity contribution in [1.29, 1.82) is 0 Å². The molecule has 1 heterocycles. The molecule has 0 aromatic carbocycles. The molecular formula is C7H13N2OP.